The molecule has 0 saturated carbocycles. The lowest BCUT2D eigenvalue weighted by molar-refractivity contribution is -0.126. The number of hydrogen-bond donors (Lipinski definition) is 3. The van der Waals surface area contributed by atoms with Crippen LogP contribution in [-0.4, -0.2) is 34.9 Å². The number of primary amides is 1. The fourth-order valence-electron chi connectivity index (χ4n) is 3.54. The third-order valence-electron chi connectivity index (χ3n) is 5.17. The Morgan fingerprint density at radius 3 is 2.54 bits per heavy atom. The van der Waals surface area contributed by atoms with Gasteiger partial charge in [-0.2, -0.15) is 0 Å². The number of hydrogen-bond acceptors (Lipinski definition) is 4. The normalized spacial score (nSPS) is 15.1. The van der Waals surface area contributed by atoms with E-state index in [2.05, 4.69) is 12.1 Å². The van der Waals surface area contributed by atoms with Crippen LogP contribution in [0.3, 0.4) is 0 Å². The number of phenols is 1. The maximum Gasteiger partial charge on any atom is 0.252 e. The Morgan fingerprint density at radius 1 is 1.14 bits per heavy atom. The minimum Gasteiger partial charge on any atom is -0.507 e. The van der Waals surface area contributed by atoms with Gasteiger partial charge in [0.05, 0.1) is 5.56 Å². The minimum absolute atomic E-state index is 0.0595. The van der Waals surface area contributed by atoms with Gasteiger partial charge >= 0.3 is 0 Å². The molecule has 0 unspecified atom stereocenters. The molecule has 0 spiro atoms. The highest BCUT2D eigenvalue weighted by molar-refractivity contribution is 5.96. The van der Waals surface area contributed by atoms with Gasteiger partial charge in [0, 0.05) is 25.7 Å². The van der Waals surface area contributed by atoms with Gasteiger partial charge in [0.2, 0.25) is 5.91 Å². The van der Waals surface area contributed by atoms with Crippen molar-refractivity contribution in [2.45, 2.75) is 25.3 Å². The zero-order chi connectivity index (χ0) is 20.1. The highest BCUT2D eigenvalue weighted by Gasteiger charge is 2.22. The second kappa shape index (κ2) is 8.71. The van der Waals surface area contributed by atoms with Gasteiger partial charge in [0.1, 0.15) is 5.75 Å². The molecule has 6 heteroatoms. The van der Waals surface area contributed by atoms with Gasteiger partial charge in [0.25, 0.3) is 5.91 Å². The molecule has 3 rings (SSSR count). The Bertz CT molecular complexity index is 900. The van der Waals surface area contributed by atoms with E-state index in [-0.39, 0.29) is 17.2 Å². The largest absolute Gasteiger partial charge is 0.507 e. The molecular formula is C22H25N3O3. The molecule has 1 fully saturated rings. The molecule has 0 aliphatic carbocycles. The number of piperidine rings is 1. The maximum atomic E-state index is 12.5. The summed E-state index contributed by atoms with van der Waals surface area (Å²) in [6.45, 7) is 1.94. The predicted octanol–water partition coefficient (Wildman–Crippen LogP) is 2.37. The Labute approximate surface area is 164 Å². The number of nitrogens with zero attached hydrogens (tertiary/aromatic N) is 1. The Kier molecular flexibility index (Phi) is 6.11. The second-order valence-corrected chi connectivity index (χ2v) is 7.02. The maximum absolute atomic E-state index is 12.5. The van der Waals surface area contributed by atoms with Crippen LogP contribution in [-0.2, 0) is 11.3 Å². The van der Waals surface area contributed by atoms with Crippen LogP contribution in [0, 0.1) is 0 Å². The van der Waals surface area contributed by atoms with Crippen molar-refractivity contribution in [1.82, 2.24) is 4.90 Å². The highest BCUT2D eigenvalue weighted by atomic mass is 16.3. The molecule has 1 aliphatic rings. The molecule has 28 heavy (non-hydrogen) atoms. The molecule has 1 heterocycles. The lowest BCUT2D eigenvalue weighted by atomic mass is 9.88. The van der Waals surface area contributed by atoms with Crippen LogP contribution in [0.5, 0.6) is 5.75 Å². The summed E-state index contributed by atoms with van der Waals surface area (Å²) in [4.78, 5) is 25.4. The first kappa shape index (κ1) is 19.6. The molecule has 6 nitrogen and oxygen atoms in total. The molecular weight excluding hydrogens is 354 g/mol. The van der Waals surface area contributed by atoms with E-state index in [1.54, 1.807) is 12.1 Å². The van der Waals surface area contributed by atoms with E-state index in [1.807, 2.05) is 17.0 Å². The molecule has 0 bridgehead atoms. The van der Waals surface area contributed by atoms with Crippen molar-refractivity contribution in [3.05, 3.63) is 70.8 Å². The van der Waals surface area contributed by atoms with E-state index in [0.29, 0.717) is 31.1 Å². The minimum atomic E-state index is -0.691. The van der Waals surface area contributed by atoms with E-state index in [0.717, 1.165) is 18.4 Å². The van der Waals surface area contributed by atoms with E-state index >= 15 is 0 Å². The molecule has 1 aliphatic heterocycles. The third-order valence-corrected chi connectivity index (χ3v) is 5.17. The summed E-state index contributed by atoms with van der Waals surface area (Å²) < 4.78 is 0. The number of carbonyl (C=O) groups is 2. The topological polar surface area (TPSA) is 110 Å². The molecule has 2 aromatic carbocycles. The standard InChI is InChI=1S/C22H25N3O3/c23-14-16-2-1-3-18(12-16)17-8-10-25(11-9-17)21(27)7-5-15-4-6-19(22(24)28)20(26)13-15/h1-7,12-13,17,26H,8-11,14,23H2,(H2,24,28). The third kappa shape index (κ3) is 4.58. The van der Waals surface area contributed by atoms with Gasteiger partial charge in [0.15, 0.2) is 0 Å². The summed E-state index contributed by atoms with van der Waals surface area (Å²) in [5, 5.41) is 9.81. The van der Waals surface area contributed by atoms with Gasteiger partial charge in [-0.05, 0) is 53.7 Å². The van der Waals surface area contributed by atoms with Crippen LogP contribution in [0.1, 0.15) is 45.8 Å². The summed E-state index contributed by atoms with van der Waals surface area (Å²) in [5.41, 5.74) is 14.0. The van der Waals surface area contributed by atoms with Gasteiger partial charge in [-0.25, -0.2) is 0 Å². The lowest BCUT2D eigenvalue weighted by Gasteiger charge is -2.31. The molecule has 0 atom stereocenters. The molecule has 2 amide bonds. The summed E-state index contributed by atoms with van der Waals surface area (Å²) in [6.07, 6.45) is 4.96. The molecule has 2 aromatic rings. The second-order valence-electron chi connectivity index (χ2n) is 7.02. The monoisotopic (exact) mass is 379 g/mol. The van der Waals surface area contributed by atoms with E-state index in [4.69, 9.17) is 11.5 Å². The predicted molar refractivity (Wildman–Crippen MR) is 109 cm³/mol. The van der Waals surface area contributed by atoms with Crippen LogP contribution in [0.15, 0.2) is 48.5 Å². The zero-order valence-electron chi connectivity index (χ0n) is 15.7. The van der Waals surface area contributed by atoms with Crippen LogP contribution in [0.2, 0.25) is 0 Å². The van der Waals surface area contributed by atoms with Gasteiger partial charge in [-0.1, -0.05) is 30.3 Å². The van der Waals surface area contributed by atoms with Crippen molar-refractivity contribution in [3.8, 4) is 5.75 Å². The first-order chi connectivity index (χ1) is 13.5. The quantitative estimate of drug-likeness (QED) is 0.693. The van der Waals surface area contributed by atoms with Crippen LogP contribution in [0.4, 0.5) is 0 Å². The van der Waals surface area contributed by atoms with Crippen LogP contribution >= 0.6 is 0 Å². The number of rotatable bonds is 5. The zero-order valence-corrected chi connectivity index (χ0v) is 15.7. The fourth-order valence-corrected chi connectivity index (χ4v) is 3.54. The van der Waals surface area contributed by atoms with Crippen molar-refractivity contribution in [1.29, 1.82) is 0 Å². The first-order valence-electron chi connectivity index (χ1n) is 9.36. The summed E-state index contributed by atoms with van der Waals surface area (Å²) >= 11 is 0. The lowest BCUT2D eigenvalue weighted by Crippen LogP contribution is -2.36. The number of likely N-dealkylation sites (tertiary alicyclic amines) is 1. The van der Waals surface area contributed by atoms with E-state index in [9.17, 15) is 14.7 Å². The summed E-state index contributed by atoms with van der Waals surface area (Å²) in [6, 6.07) is 12.9. The van der Waals surface area contributed by atoms with Crippen LogP contribution < -0.4 is 11.5 Å². The number of benzene rings is 2. The Morgan fingerprint density at radius 2 is 1.89 bits per heavy atom. The van der Waals surface area contributed by atoms with Gasteiger partial charge < -0.3 is 21.5 Å². The van der Waals surface area contributed by atoms with Gasteiger partial charge in [-0.15, -0.1) is 0 Å². The number of aromatic hydroxyl groups is 1. The number of nitrogens with two attached hydrogens (primary N) is 2. The van der Waals surface area contributed by atoms with Gasteiger partial charge in [-0.3, -0.25) is 9.59 Å². The van der Waals surface area contributed by atoms with Crippen molar-refractivity contribution in [2.75, 3.05) is 13.1 Å². The molecule has 5 N–H and O–H groups in total. The molecule has 1 saturated heterocycles. The Balaban J connectivity index is 1.58. The highest BCUT2D eigenvalue weighted by Crippen LogP contribution is 2.28. The van der Waals surface area contributed by atoms with Crippen molar-refractivity contribution >= 4 is 17.9 Å². The smallest absolute Gasteiger partial charge is 0.252 e. The average molecular weight is 379 g/mol. The SMILES string of the molecule is NCc1cccc(C2CCN(C(=O)C=Cc3ccc(C(N)=O)c(O)c3)CC2)c1. The number of amides is 2. The molecule has 0 aromatic heterocycles. The van der Waals surface area contributed by atoms with E-state index in [1.165, 1.54) is 23.8 Å². The Hall–Kier alpha value is -3.12. The molecule has 146 valence electrons. The first-order valence-corrected chi connectivity index (χ1v) is 9.36. The van der Waals surface area contributed by atoms with Crippen molar-refractivity contribution in [3.63, 3.8) is 0 Å². The summed E-state index contributed by atoms with van der Waals surface area (Å²) in [7, 11) is 0. The van der Waals surface area contributed by atoms with E-state index < -0.39 is 5.91 Å². The van der Waals surface area contributed by atoms with Crippen LogP contribution in [0.25, 0.3) is 6.08 Å². The fraction of sp³-hybridized carbons (Fsp3) is 0.273. The average Bonchev–Trinajstić information content (AvgIpc) is 2.72. The number of carbonyl (C=O) groups excluding carboxylic acids is 2. The summed E-state index contributed by atoms with van der Waals surface area (Å²) in [5.74, 6) is -0.503. The van der Waals surface area contributed by atoms with Crippen molar-refractivity contribution in [2.24, 2.45) is 11.5 Å². The molecule has 0 radical (unpaired) electrons. The van der Waals surface area contributed by atoms with Crippen molar-refractivity contribution < 1.29 is 14.7 Å².